The van der Waals surface area contributed by atoms with Gasteiger partial charge in [0.15, 0.2) is 18.1 Å². The highest BCUT2D eigenvalue weighted by atomic mass is 16.5. The van der Waals surface area contributed by atoms with E-state index < -0.39 is 0 Å². The first-order chi connectivity index (χ1) is 14.1. The Labute approximate surface area is 170 Å². The van der Waals surface area contributed by atoms with E-state index in [1.165, 1.54) is 7.11 Å². The predicted octanol–water partition coefficient (Wildman–Crippen LogP) is 1.46. The smallest absolute Gasteiger partial charge is 0.264 e. The van der Waals surface area contributed by atoms with E-state index in [9.17, 15) is 14.9 Å². The number of likely N-dealkylation sites (tertiary alicyclic amines) is 1. The Hall–Kier alpha value is -3.05. The number of amides is 2. The molecule has 2 saturated heterocycles. The van der Waals surface area contributed by atoms with Gasteiger partial charge < -0.3 is 24.0 Å². The molecule has 0 saturated carbocycles. The van der Waals surface area contributed by atoms with Gasteiger partial charge in [0.05, 0.1) is 20.3 Å². The number of morpholine rings is 1. The molecule has 1 aromatic rings. The second kappa shape index (κ2) is 9.94. The quantitative estimate of drug-likeness (QED) is 0.531. The molecule has 2 fully saturated rings. The van der Waals surface area contributed by atoms with Crippen molar-refractivity contribution in [1.29, 1.82) is 5.26 Å². The van der Waals surface area contributed by atoms with Crippen molar-refractivity contribution < 1.29 is 23.8 Å². The highest BCUT2D eigenvalue weighted by Crippen LogP contribution is 2.29. The molecule has 29 heavy (non-hydrogen) atoms. The summed E-state index contributed by atoms with van der Waals surface area (Å²) >= 11 is 0. The van der Waals surface area contributed by atoms with Gasteiger partial charge in [-0.1, -0.05) is 6.07 Å². The molecule has 0 spiro atoms. The van der Waals surface area contributed by atoms with Crippen LogP contribution in [0.5, 0.6) is 11.5 Å². The zero-order valence-electron chi connectivity index (χ0n) is 16.6. The lowest BCUT2D eigenvalue weighted by atomic mass is 10.1. The highest BCUT2D eigenvalue weighted by Gasteiger charge is 2.22. The summed E-state index contributed by atoms with van der Waals surface area (Å²) in [6, 6.07) is 7.08. The summed E-state index contributed by atoms with van der Waals surface area (Å²) in [7, 11) is 1.50. The van der Waals surface area contributed by atoms with Crippen molar-refractivity contribution >= 4 is 17.9 Å². The molecule has 0 aliphatic carbocycles. The summed E-state index contributed by atoms with van der Waals surface area (Å²) < 4.78 is 16.2. The van der Waals surface area contributed by atoms with Crippen LogP contribution in [-0.2, 0) is 14.3 Å². The standard InChI is InChI=1S/C21H25N3O5/c1-27-19-13-16(12-17(14-22)21(26)24-6-2-3-7-24)4-5-18(19)29-15-20(25)23-8-10-28-11-9-23/h4-5,12-13H,2-3,6-11,15H2,1H3/b17-12+. The summed E-state index contributed by atoms with van der Waals surface area (Å²) in [6.07, 6.45) is 3.48. The molecule has 154 valence electrons. The Morgan fingerprint density at radius 3 is 2.52 bits per heavy atom. The van der Waals surface area contributed by atoms with E-state index in [2.05, 4.69) is 0 Å². The van der Waals surface area contributed by atoms with Crippen LogP contribution in [0.4, 0.5) is 0 Å². The van der Waals surface area contributed by atoms with Crippen LogP contribution < -0.4 is 9.47 Å². The summed E-state index contributed by atoms with van der Waals surface area (Å²) in [5.74, 6) is 0.498. The molecule has 0 N–H and O–H groups in total. The number of nitrogens with zero attached hydrogens (tertiary/aromatic N) is 3. The van der Waals surface area contributed by atoms with Gasteiger partial charge in [-0.25, -0.2) is 0 Å². The Balaban J connectivity index is 1.68. The first-order valence-electron chi connectivity index (χ1n) is 9.70. The SMILES string of the molecule is COc1cc(/C=C(\C#N)C(=O)N2CCCC2)ccc1OCC(=O)N1CCOCC1. The molecule has 2 aliphatic heterocycles. The number of benzene rings is 1. The summed E-state index contributed by atoms with van der Waals surface area (Å²) in [5.41, 5.74) is 0.739. The first-order valence-corrected chi connectivity index (χ1v) is 9.70. The third kappa shape index (κ3) is 5.27. The average molecular weight is 399 g/mol. The molecule has 8 heteroatoms. The van der Waals surface area contributed by atoms with Gasteiger partial charge in [0.1, 0.15) is 11.6 Å². The van der Waals surface area contributed by atoms with Crippen molar-refractivity contribution in [2.75, 3.05) is 53.1 Å². The fourth-order valence-electron chi connectivity index (χ4n) is 3.34. The Morgan fingerprint density at radius 1 is 1.14 bits per heavy atom. The third-order valence-corrected chi connectivity index (χ3v) is 4.96. The van der Waals surface area contributed by atoms with E-state index in [0.29, 0.717) is 56.5 Å². The van der Waals surface area contributed by atoms with E-state index in [0.717, 1.165) is 12.8 Å². The highest BCUT2D eigenvalue weighted by molar-refractivity contribution is 6.01. The zero-order chi connectivity index (χ0) is 20.6. The number of carbonyl (C=O) groups is 2. The molecule has 1 aromatic carbocycles. The molecular weight excluding hydrogens is 374 g/mol. The number of rotatable bonds is 6. The minimum atomic E-state index is -0.250. The number of ether oxygens (including phenoxy) is 3. The van der Waals surface area contributed by atoms with Gasteiger partial charge >= 0.3 is 0 Å². The molecule has 0 bridgehead atoms. The summed E-state index contributed by atoms with van der Waals surface area (Å²) in [4.78, 5) is 28.1. The van der Waals surface area contributed by atoms with Crippen LogP contribution in [0.25, 0.3) is 6.08 Å². The van der Waals surface area contributed by atoms with E-state index in [4.69, 9.17) is 14.2 Å². The summed E-state index contributed by atoms with van der Waals surface area (Å²) in [6.45, 7) is 3.47. The van der Waals surface area contributed by atoms with Crippen LogP contribution in [0, 0.1) is 11.3 Å². The van der Waals surface area contributed by atoms with Crippen molar-refractivity contribution in [2.45, 2.75) is 12.8 Å². The summed E-state index contributed by atoms with van der Waals surface area (Å²) in [5, 5.41) is 9.40. The Kier molecular flexibility index (Phi) is 7.09. The minimum absolute atomic E-state index is 0.0881. The second-order valence-electron chi connectivity index (χ2n) is 6.86. The number of carbonyl (C=O) groups excluding carboxylic acids is 2. The van der Waals surface area contributed by atoms with Gasteiger partial charge in [-0.3, -0.25) is 9.59 Å². The van der Waals surface area contributed by atoms with Crippen molar-refractivity contribution in [3.63, 3.8) is 0 Å². The lowest BCUT2D eigenvalue weighted by Gasteiger charge is -2.26. The van der Waals surface area contributed by atoms with Gasteiger partial charge in [0.2, 0.25) is 0 Å². The van der Waals surface area contributed by atoms with Crippen molar-refractivity contribution in [3.8, 4) is 17.6 Å². The Morgan fingerprint density at radius 2 is 1.86 bits per heavy atom. The average Bonchev–Trinajstić information content (AvgIpc) is 3.31. The fraction of sp³-hybridized carbons (Fsp3) is 0.476. The molecule has 0 aromatic heterocycles. The zero-order valence-corrected chi connectivity index (χ0v) is 16.6. The van der Waals surface area contributed by atoms with Gasteiger partial charge in [0.25, 0.3) is 11.8 Å². The third-order valence-electron chi connectivity index (χ3n) is 4.96. The molecule has 2 heterocycles. The lowest BCUT2D eigenvalue weighted by Crippen LogP contribution is -2.43. The molecule has 0 unspecified atom stereocenters. The van der Waals surface area contributed by atoms with E-state index in [1.54, 1.807) is 34.1 Å². The van der Waals surface area contributed by atoms with Gasteiger partial charge in [-0.2, -0.15) is 5.26 Å². The topological polar surface area (TPSA) is 92.1 Å². The maximum Gasteiger partial charge on any atom is 0.264 e. The number of nitriles is 1. The van der Waals surface area contributed by atoms with Gasteiger partial charge in [-0.15, -0.1) is 0 Å². The van der Waals surface area contributed by atoms with Crippen LogP contribution >= 0.6 is 0 Å². The minimum Gasteiger partial charge on any atom is -0.493 e. The number of methoxy groups -OCH3 is 1. The molecule has 2 amide bonds. The molecular formula is C21H25N3O5. The van der Waals surface area contributed by atoms with Gasteiger partial charge in [0, 0.05) is 26.2 Å². The van der Waals surface area contributed by atoms with Crippen molar-refractivity contribution in [3.05, 3.63) is 29.3 Å². The number of hydrogen-bond donors (Lipinski definition) is 0. The molecule has 2 aliphatic rings. The van der Waals surface area contributed by atoms with Crippen LogP contribution in [0.15, 0.2) is 23.8 Å². The van der Waals surface area contributed by atoms with Gasteiger partial charge in [-0.05, 0) is 36.6 Å². The predicted molar refractivity (Wildman–Crippen MR) is 105 cm³/mol. The first kappa shape index (κ1) is 20.7. The largest absolute Gasteiger partial charge is 0.493 e. The Bertz CT molecular complexity index is 818. The second-order valence-corrected chi connectivity index (χ2v) is 6.86. The monoisotopic (exact) mass is 399 g/mol. The lowest BCUT2D eigenvalue weighted by molar-refractivity contribution is -0.137. The number of hydrogen-bond acceptors (Lipinski definition) is 6. The van der Waals surface area contributed by atoms with Crippen molar-refractivity contribution in [1.82, 2.24) is 9.80 Å². The molecule has 3 rings (SSSR count). The van der Waals surface area contributed by atoms with E-state index in [-0.39, 0.29) is 24.0 Å². The molecule has 8 nitrogen and oxygen atoms in total. The normalized spacial score (nSPS) is 17.0. The molecule has 0 radical (unpaired) electrons. The molecule has 0 atom stereocenters. The van der Waals surface area contributed by atoms with Crippen LogP contribution in [-0.4, -0.2) is 74.7 Å². The van der Waals surface area contributed by atoms with E-state index >= 15 is 0 Å². The fourth-order valence-corrected chi connectivity index (χ4v) is 3.34. The van der Waals surface area contributed by atoms with E-state index in [1.807, 2.05) is 6.07 Å². The van der Waals surface area contributed by atoms with Crippen LogP contribution in [0.3, 0.4) is 0 Å². The maximum absolute atomic E-state index is 12.5. The maximum atomic E-state index is 12.5. The van der Waals surface area contributed by atoms with Crippen LogP contribution in [0.2, 0.25) is 0 Å². The van der Waals surface area contributed by atoms with Crippen LogP contribution in [0.1, 0.15) is 18.4 Å². The van der Waals surface area contributed by atoms with Crippen molar-refractivity contribution in [2.24, 2.45) is 0 Å².